The fraction of sp³-hybridized carbons (Fsp3) is 0.125. The molecule has 0 saturated carbocycles. The normalized spacial score (nSPS) is 10.8. The number of carbonyl (C=O) groups excluding carboxylic acids is 1. The molecule has 0 aliphatic heterocycles. The Hall–Kier alpha value is -2.13. The van der Waals surface area contributed by atoms with Crippen LogP contribution in [0.25, 0.3) is 12.2 Å². The first-order valence-electron chi connectivity index (χ1n) is 6.14. The molecule has 0 amide bonds. The number of aromatic nitrogens is 1. The van der Waals surface area contributed by atoms with Crippen molar-refractivity contribution in [2.24, 2.45) is 0 Å². The quantitative estimate of drug-likeness (QED) is 0.797. The summed E-state index contributed by atoms with van der Waals surface area (Å²) in [6.45, 7) is 3.17. The first-order chi connectivity index (χ1) is 9.54. The lowest BCUT2D eigenvalue weighted by atomic mass is 10.2. The molecule has 0 atom stereocenters. The monoisotopic (exact) mass is 287 g/mol. The van der Waals surface area contributed by atoms with E-state index in [2.05, 4.69) is 4.98 Å². The van der Waals surface area contributed by atoms with Gasteiger partial charge in [0, 0.05) is 11.9 Å². The Balaban J connectivity index is 2.18. The Morgan fingerprint density at radius 3 is 2.70 bits per heavy atom. The highest BCUT2D eigenvalue weighted by Gasteiger charge is 2.03. The summed E-state index contributed by atoms with van der Waals surface area (Å²) in [5.41, 5.74) is 2.47. The van der Waals surface area contributed by atoms with Gasteiger partial charge in [0.1, 0.15) is 0 Å². The smallest absolute Gasteiger partial charge is 0.308 e. The van der Waals surface area contributed by atoms with Crippen LogP contribution in [-0.2, 0) is 4.79 Å². The molecule has 0 bridgehead atoms. The Bertz CT molecular complexity index is 665. The molecule has 1 aromatic heterocycles. The molecule has 0 radical (unpaired) electrons. The SMILES string of the molecule is CC(=O)Oc1ccc(/C=C/c2cccc(Cl)c2)nc1C. The zero-order valence-corrected chi connectivity index (χ0v) is 12.0. The number of hydrogen-bond acceptors (Lipinski definition) is 3. The van der Waals surface area contributed by atoms with Crippen LogP contribution in [0.1, 0.15) is 23.9 Å². The number of rotatable bonds is 3. The summed E-state index contributed by atoms with van der Waals surface area (Å²) < 4.78 is 5.04. The molecule has 0 aliphatic rings. The third kappa shape index (κ3) is 3.93. The van der Waals surface area contributed by atoms with Crippen LogP contribution in [0.5, 0.6) is 5.75 Å². The van der Waals surface area contributed by atoms with Crippen molar-refractivity contribution in [3.8, 4) is 5.75 Å². The van der Waals surface area contributed by atoms with Crippen LogP contribution in [0.15, 0.2) is 36.4 Å². The summed E-state index contributed by atoms with van der Waals surface area (Å²) >= 11 is 5.92. The van der Waals surface area contributed by atoms with Crippen LogP contribution < -0.4 is 4.74 Å². The van der Waals surface area contributed by atoms with Crippen LogP contribution in [0.2, 0.25) is 5.02 Å². The van der Waals surface area contributed by atoms with Crippen LogP contribution in [0.3, 0.4) is 0 Å². The standard InChI is InChI=1S/C16H14ClNO2/c1-11-16(20-12(2)19)9-8-15(18-11)7-6-13-4-3-5-14(17)10-13/h3-10H,1-2H3/b7-6+. The second kappa shape index (κ2) is 6.35. The number of halogens is 1. The van der Waals surface area contributed by atoms with Crippen molar-refractivity contribution in [2.75, 3.05) is 0 Å². The number of hydrogen-bond donors (Lipinski definition) is 0. The van der Waals surface area contributed by atoms with E-state index >= 15 is 0 Å². The number of esters is 1. The van der Waals surface area contributed by atoms with E-state index in [-0.39, 0.29) is 5.97 Å². The fourth-order valence-corrected chi connectivity index (χ4v) is 1.91. The van der Waals surface area contributed by atoms with Crippen molar-refractivity contribution in [1.82, 2.24) is 4.98 Å². The highest BCUT2D eigenvalue weighted by atomic mass is 35.5. The van der Waals surface area contributed by atoms with Gasteiger partial charge in [0.05, 0.1) is 11.4 Å². The van der Waals surface area contributed by atoms with E-state index in [9.17, 15) is 4.79 Å². The van der Waals surface area contributed by atoms with Gasteiger partial charge in [0.25, 0.3) is 0 Å². The summed E-state index contributed by atoms with van der Waals surface area (Å²) in [6.07, 6.45) is 3.81. The van der Waals surface area contributed by atoms with E-state index in [1.807, 2.05) is 36.4 Å². The number of benzene rings is 1. The number of carbonyl (C=O) groups is 1. The lowest BCUT2D eigenvalue weighted by molar-refractivity contribution is -0.131. The molecule has 1 heterocycles. The van der Waals surface area contributed by atoms with Gasteiger partial charge in [-0.15, -0.1) is 0 Å². The van der Waals surface area contributed by atoms with Crippen molar-refractivity contribution in [3.05, 3.63) is 58.4 Å². The van der Waals surface area contributed by atoms with E-state index in [0.29, 0.717) is 16.5 Å². The van der Waals surface area contributed by atoms with Gasteiger partial charge in [-0.2, -0.15) is 0 Å². The van der Waals surface area contributed by atoms with Gasteiger partial charge in [-0.25, -0.2) is 4.98 Å². The summed E-state index contributed by atoms with van der Waals surface area (Å²) in [6, 6.07) is 11.1. The molecule has 20 heavy (non-hydrogen) atoms. The van der Waals surface area contributed by atoms with E-state index < -0.39 is 0 Å². The van der Waals surface area contributed by atoms with Crippen LogP contribution in [-0.4, -0.2) is 11.0 Å². The third-order valence-electron chi connectivity index (χ3n) is 2.61. The Morgan fingerprint density at radius 1 is 1.25 bits per heavy atom. The topological polar surface area (TPSA) is 39.2 Å². The number of nitrogens with zero attached hydrogens (tertiary/aromatic N) is 1. The van der Waals surface area contributed by atoms with Gasteiger partial charge >= 0.3 is 5.97 Å². The van der Waals surface area contributed by atoms with Gasteiger partial charge in [-0.05, 0) is 42.8 Å². The maximum Gasteiger partial charge on any atom is 0.308 e. The molecule has 2 rings (SSSR count). The molecule has 1 aromatic carbocycles. The lowest BCUT2D eigenvalue weighted by Gasteiger charge is -2.05. The van der Waals surface area contributed by atoms with Crippen LogP contribution >= 0.6 is 11.6 Å². The molecule has 0 unspecified atom stereocenters. The summed E-state index contributed by atoms with van der Waals surface area (Å²) in [5.74, 6) is 0.134. The average molecular weight is 288 g/mol. The largest absolute Gasteiger partial charge is 0.425 e. The highest BCUT2D eigenvalue weighted by molar-refractivity contribution is 6.30. The summed E-state index contributed by atoms with van der Waals surface area (Å²) in [7, 11) is 0. The first-order valence-corrected chi connectivity index (χ1v) is 6.52. The molecule has 0 fully saturated rings. The minimum absolute atomic E-state index is 0.350. The van der Waals surface area contributed by atoms with E-state index in [4.69, 9.17) is 16.3 Å². The predicted molar refractivity (Wildman–Crippen MR) is 80.7 cm³/mol. The van der Waals surface area contributed by atoms with Crippen molar-refractivity contribution in [2.45, 2.75) is 13.8 Å². The minimum Gasteiger partial charge on any atom is -0.425 e. The molecule has 3 nitrogen and oxygen atoms in total. The number of ether oxygens (including phenoxy) is 1. The Kier molecular flexibility index (Phi) is 4.53. The minimum atomic E-state index is -0.350. The maximum absolute atomic E-state index is 10.9. The summed E-state index contributed by atoms with van der Waals surface area (Å²) in [4.78, 5) is 15.3. The molecule has 0 aliphatic carbocycles. The molecular weight excluding hydrogens is 274 g/mol. The number of pyridine rings is 1. The van der Waals surface area contributed by atoms with Gasteiger partial charge < -0.3 is 4.74 Å². The van der Waals surface area contributed by atoms with E-state index in [1.54, 1.807) is 19.1 Å². The van der Waals surface area contributed by atoms with Gasteiger partial charge in [0.15, 0.2) is 5.75 Å². The molecule has 102 valence electrons. The van der Waals surface area contributed by atoms with Gasteiger partial charge in [-0.3, -0.25) is 4.79 Å². The van der Waals surface area contributed by atoms with E-state index in [1.165, 1.54) is 6.92 Å². The maximum atomic E-state index is 10.9. The lowest BCUT2D eigenvalue weighted by Crippen LogP contribution is -2.03. The zero-order chi connectivity index (χ0) is 14.5. The predicted octanol–water partition coefficient (Wildman–Crippen LogP) is 4.14. The average Bonchev–Trinajstić information content (AvgIpc) is 2.39. The second-order valence-corrected chi connectivity index (χ2v) is 4.74. The third-order valence-corrected chi connectivity index (χ3v) is 2.84. The van der Waals surface area contributed by atoms with E-state index in [0.717, 1.165) is 11.3 Å². The zero-order valence-electron chi connectivity index (χ0n) is 11.3. The van der Waals surface area contributed by atoms with Crippen molar-refractivity contribution < 1.29 is 9.53 Å². The molecule has 0 saturated heterocycles. The molecule has 0 spiro atoms. The van der Waals surface area contributed by atoms with Crippen molar-refractivity contribution in [3.63, 3.8) is 0 Å². The Morgan fingerprint density at radius 2 is 2.05 bits per heavy atom. The van der Waals surface area contributed by atoms with Crippen LogP contribution in [0.4, 0.5) is 0 Å². The first kappa shape index (κ1) is 14.3. The van der Waals surface area contributed by atoms with Crippen LogP contribution in [0, 0.1) is 6.92 Å². The van der Waals surface area contributed by atoms with Crippen molar-refractivity contribution in [1.29, 1.82) is 0 Å². The van der Waals surface area contributed by atoms with Crippen molar-refractivity contribution >= 4 is 29.7 Å². The summed E-state index contributed by atoms with van der Waals surface area (Å²) in [5, 5.41) is 0.696. The fourth-order valence-electron chi connectivity index (χ4n) is 1.72. The van der Waals surface area contributed by atoms with Gasteiger partial charge in [0.2, 0.25) is 0 Å². The number of aryl methyl sites for hydroxylation is 1. The molecular formula is C16H14ClNO2. The second-order valence-electron chi connectivity index (χ2n) is 4.30. The molecule has 4 heteroatoms. The highest BCUT2D eigenvalue weighted by Crippen LogP contribution is 2.18. The van der Waals surface area contributed by atoms with Gasteiger partial charge in [-0.1, -0.05) is 29.8 Å². The molecule has 2 aromatic rings. The Labute approximate surface area is 122 Å². The molecule has 0 N–H and O–H groups in total.